The average Bonchev–Trinajstić information content (AvgIpc) is 2.42. The lowest BCUT2D eigenvalue weighted by Crippen LogP contribution is -2.06. The van der Waals surface area contributed by atoms with Crippen molar-refractivity contribution < 1.29 is 14.8 Å². The molecule has 0 atom stereocenters. The van der Waals surface area contributed by atoms with E-state index in [1.165, 1.54) is 18.2 Å². The second-order valence-corrected chi connectivity index (χ2v) is 5.26. The highest BCUT2D eigenvalue weighted by molar-refractivity contribution is 7.98. The fourth-order valence-corrected chi connectivity index (χ4v) is 2.23. The summed E-state index contributed by atoms with van der Waals surface area (Å²) in [5.41, 5.74) is 0.208. The van der Waals surface area contributed by atoms with Crippen molar-refractivity contribution >= 4 is 29.1 Å². The third kappa shape index (κ3) is 5.08. The number of nitro benzene ring substituents is 1. The van der Waals surface area contributed by atoms with Crippen LogP contribution in [0.1, 0.15) is 29.6 Å². The fraction of sp³-hybridized carbons (Fsp3) is 0.462. The van der Waals surface area contributed by atoms with Crippen LogP contribution in [-0.4, -0.2) is 34.6 Å². The molecule has 1 aromatic rings. The number of hydrogen-bond acceptors (Lipinski definition) is 5. The van der Waals surface area contributed by atoms with Crippen molar-refractivity contribution in [3.63, 3.8) is 0 Å². The van der Waals surface area contributed by atoms with Crippen molar-refractivity contribution in [1.29, 1.82) is 0 Å². The Hall–Kier alpha value is -1.76. The molecular formula is C13H18N2O4S. The number of thioether (sulfide) groups is 1. The van der Waals surface area contributed by atoms with Gasteiger partial charge in [-0.15, -0.1) is 0 Å². The van der Waals surface area contributed by atoms with Gasteiger partial charge >= 0.3 is 5.97 Å². The SMILES string of the molecule is CSCCCCCNc1cc(C(=O)O)ccc1[N+](=O)[O-]. The zero-order valence-corrected chi connectivity index (χ0v) is 12.1. The van der Waals surface area contributed by atoms with Gasteiger partial charge in [0.25, 0.3) is 5.69 Å². The van der Waals surface area contributed by atoms with E-state index in [9.17, 15) is 14.9 Å². The van der Waals surface area contributed by atoms with E-state index < -0.39 is 10.9 Å². The Bertz CT molecular complexity index is 479. The van der Waals surface area contributed by atoms with Gasteiger partial charge in [0.05, 0.1) is 10.5 Å². The van der Waals surface area contributed by atoms with Crippen molar-refractivity contribution in [2.45, 2.75) is 19.3 Å². The minimum atomic E-state index is -1.09. The Morgan fingerprint density at radius 3 is 2.75 bits per heavy atom. The third-order valence-electron chi connectivity index (χ3n) is 2.78. The molecule has 20 heavy (non-hydrogen) atoms. The predicted octanol–water partition coefficient (Wildman–Crippen LogP) is 3.24. The van der Waals surface area contributed by atoms with Gasteiger partial charge in [0.15, 0.2) is 0 Å². The molecule has 0 saturated carbocycles. The van der Waals surface area contributed by atoms with Gasteiger partial charge in [-0.2, -0.15) is 11.8 Å². The Morgan fingerprint density at radius 1 is 1.40 bits per heavy atom. The number of aromatic carboxylic acids is 1. The Labute approximate surface area is 121 Å². The van der Waals surface area contributed by atoms with E-state index in [1.807, 2.05) is 0 Å². The van der Waals surface area contributed by atoms with Crippen molar-refractivity contribution in [1.82, 2.24) is 0 Å². The van der Waals surface area contributed by atoms with Crippen molar-refractivity contribution in [2.75, 3.05) is 23.9 Å². The van der Waals surface area contributed by atoms with Crippen LogP contribution in [0.5, 0.6) is 0 Å². The Kier molecular flexibility index (Phi) is 6.86. The van der Waals surface area contributed by atoms with Crippen LogP contribution in [0.4, 0.5) is 11.4 Å². The summed E-state index contributed by atoms with van der Waals surface area (Å²) >= 11 is 1.79. The summed E-state index contributed by atoms with van der Waals surface area (Å²) < 4.78 is 0. The highest BCUT2D eigenvalue weighted by Crippen LogP contribution is 2.25. The lowest BCUT2D eigenvalue weighted by Gasteiger charge is -2.08. The van der Waals surface area contributed by atoms with E-state index in [4.69, 9.17) is 5.11 Å². The van der Waals surface area contributed by atoms with Gasteiger partial charge in [-0.25, -0.2) is 4.79 Å². The molecule has 0 aliphatic heterocycles. The van der Waals surface area contributed by atoms with Crippen molar-refractivity contribution in [3.8, 4) is 0 Å². The van der Waals surface area contributed by atoms with E-state index in [1.54, 1.807) is 11.8 Å². The van der Waals surface area contributed by atoms with Gasteiger partial charge < -0.3 is 10.4 Å². The molecule has 6 nitrogen and oxygen atoms in total. The molecule has 0 aromatic heterocycles. The van der Waals surface area contributed by atoms with Crippen LogP contribution in [-0.2, 0) is 0 Å². The van der Waals surface area contributed by atoms with E-state index >= 15 is 0 Å². The fourth-order valence-electron chi connectivity index (χ4n) is 1.74. The van der Waals surface area contributed by atoms with Crippen LogP contribution in [0, 0.1) is 10.1 Å². The molecule has 110 valence electrons. The molecule has 0 aliphatic rings. The average molecular weight is 298 g/mol. The van der Waals surface area contributed by atoms with Crippen LogP contribution in [0.3, 0.4) is 0 Å². The standard InChI is InChI=1S/C13H18N2O4S/c1-20-8-4-2-3-7-14-11-9-10(13(16)17)5-6-12(11)15(18)19/h5-6,9,14H,2-4,7-8H2,1H3,(H,16,17). The number of nitro groups is 1. The summed E-state index contributed by atoms with van der Waals surface area (Å²) in [5, 5.41) is 22.8. The Balaban J connectivity index is 2.63. The first kappa shape index (κ1) is 16.3. The number of unbranched alkanes of at least 4 members (excludes halogenated alkanes) is 2. The predicted molar refractivity (Wildman–Crippen MR) is 80.8 cm³/mol. The second kappa shape index (κ2) is 8.42. The van der Waals surface area contributed by atoms with Gasteiger partial charge in [0.1, 0.15) is 5.69 Å². The van der Waals surface area contributed by atoms with E-state index in [-0.39, 0.29) is 16.9 Å². The maximum absolute atomic E-state index is 10.9. The molecule has 0 heterocycles. The number of nitrogens with zero attached hydrogens (tertiary/aromatic N) is 1. The third-order valence-corrected chi connectivity index (χ3v) is 3.48. The number of hydrogen-bond donors (Lipinski definition) is 2. The number of carboxylic acids is 1. The first-order valence-corrected chi connectivity index (χ1v) is 7.70. The molecule has 0 bridgehead atoms. The molecule has 0 saturated heterocycles. The zero-order valence-electron chi connectivity index (χ0n) is 11.3. The topological polar surface area (TPSA) is 92.5 Å². The van der Waals surface area contributed by atoms with Gasteiger partial charge in [0, 0.05) is 12.6 Å². The molecule has 1 rings (SSSR count). The molecule has 2 N–H and O–H groups in total. The second-order valence-electron chi connectivity index (χ2n) is 4.27. The van der Waals surface area contributed by atoms with Gasteiger partial charge in [-0.3, -0.25) is 10.1 Å². The largest absolute Gasteiger partial charge is 0.478 e. The maximum atomic E-state index is 10.9. The molecule has 0 unspecified atom stereocenters. The highest BCUT2D eigenvalue weighted by Gasteiger charge is 2.15. The summed E-state index contributed by atoms with van der Waals surface area (Å²) in [5.74, 6) is 0.0113. The van der Waals surface area contributed by atoms with E-state index in [2.05, 4.69) is 11.6 Å². The first-order chi connectivity index (χ1) is 9.56. The first-order valence-electron chi connectivity index (χ1n) is 6.30. The molecule has 7 heteroatoms. The monoisotopic (exact) mass is 298 g/mol. The minimum Gasteiger partial charge on any atom is -0.478 e. The van der Waals surface area contributed by atoms with E-state index in [0.717, 1.165) is 25.0 Å². The number of carboxylic acid groups (broad SMARTS) is 1. The molecule has 0 spiro atoms. The summed E-state index contributed by atoms with van der Waals surface area (Å²) in [6.07, 6.45) is 5.11. The zero-order chi connectivity index (χ0) is 15.0. The molecule has 0 amide bonds. The molecule has 0 fully saturated rings. The number of rotatable bonds is 9. The molecule has 0 radical (unpaired) electrons. The molecule has 0 aliphatic carbocycles. The van der Waals surface area contributed by atoms with Crippen molar-refractivity contribution in [2.24, 2.45) is 0 Å². The van der Waals surface area contributed by atoms with Crippen LogP contribution in [0.25, 0.3) is 0 Å². The number of anilines is 1. The Morgan fingerprint density at radius 2 is 2.15 bits per heavy atom. The quantitative estimate of drug-likeness (QED) is 0.413. The molecule has 1 aromatic carbocycles. The van der Waals surface area contributed by atoms with Crippen LogP contribution >= 0.6 is 11.8 Å². The lowest BCUT2D eigenvalue weighted by atomic mass is 10.1. The summed E-state index contributed by atoms with van der Waals surface area (Å²) in [6.45, 7) is 0.596. The van der Waals surface area contributed by atoms with Gasteiger partial charge in [-0.1, -0.05) is 6.42 Å². The van der Waals surface area contributed by atoms with Crippen LogP contribution in [0.15, 0.2) is 18.2 Å². The van der Waals surface area contributed by atoms with Gasteiger partial charge in [0.2, 0.25) is 0 Å². The molecular weight excluding hydrogens is 280 g/mol. The van der Waals surface area contributed by atoms with E-state index in [0.29, 0.717) is 6.54 Å². The smallest absolute Gasteiger partial charge is 0.335 e. The normalized spacial score (nSPS) is 10.2. The van der Waals surface area contributed by atoms with Crippen LogP contribution in [0.2, 0.25) is 0 Å². The number of nitrogens with one attached hydrogen (secondary N) is 1. The summed E-state index contributed by atoms with van der Waals surface area (Å²) in [4.78, 5) is 21.3. The van der Waals surface area contributed by atoms with Gasteiger partial charge in [-0.05, 0) is 37.0 Å². The lowest BCUT2D eigenvalue weighted by molar-refractivity contribution is -0.384. The number of carbonyl (C=O) groups is 1. The summed E-state index contributed by atoms with van der Waals surface area (Å²) in [7, 11) is 0. The maximum Gasteiger partial charge on any atom is 0.335 e. The summed E-state index contributed by atoms with van der Waals surface area (Å²) in [6, 6.07) is 3.77. The minimum absolute atomic E-state index is 0.0421. The van der Waals surface area contributed by atoms with Crippen molar-refractivity contribution in [3.05, 3.63) is 33.9 Å². The van der Waals surface area contributed by atoms with Crippen LogP contribution < -0.4 is 5.32 Å². The highest BCUT2D eigenvalue weighted by atomic mass is 32.2. The number of benzene rings is 1.